The Balaban J connectivity index is 1.30. The molecule has 5 nitrogen and oxygen atoms in total. The fourth-order valence-electron chi connectivity index (χ4n) is 3.59. The lowest BCUT2D eigenvalue weighted by atomic mass is 10.1. The lowest BCUT2D eigenvalue weighted by molar-refractivity contribution is -0.0320. The average Bonchev–Trinajstić information content (AvgIpc) is 3.19. The molecule has 2 heterocycles. The first kappa shape index (κ1) is 20.5. The lowest BCUT2D eigenvalue weighted by Gasteiger charge is -2.23. The molecule has 1 aromatic carbocycles. The van der Waals surface area contributed by atoms with Crippen molar-refractivity contribution in [1.82, 2.24) is 10.2 Å². The quantitative estimate of drug-likeness (QED) is 0.319. The van der Waals surface area contributed by atoms with Gasteiger partial charge in [0.25, 0.3) is 0 Å². The van der Waals surface area contributed by atoms with Crippen molar-refractivity contribution >= 4 is 17.7 Å². The highest BCUT2D eigenvalue weighted by molar-refractivity contribution is 7.99. The third kappa shape index (κ3) is 7.01. The van der Waals surface area contributed by atoms with E-state index in [-0.39, 0.29) is 0 Å². The Kier molecular flexibility index (Phi) is 8.78. The Morgan fingerprint density at radius 1 is 1.26 bits per heavy atom. The van der Waals surface area contributed by atoms with Crippen molar-refractivity contribution in [3.63, 3.8) is 0 Å². The van der Waals surface area contributed by atoms with Crippen LogP contribution in [-0.2, 0) is 9.47 Å². The predicted molar refractivity (Wildman–Crippen MR) is 113 cm³/mol. The van der Waals surface area contributed by atoms with Gasteiger partial charge in [-0.05, 0) is 43.7 Å². The molecule has 0 aliphatic carbocycles. The van der Waals surface area contributed by atoms with E-state index in [0.717, 1.165) is 70.6 Å². The van der Waals surface area contributed by atoms with Crippen LogP contribution < -0.4 is 5.32 Å². The monoisotopic (exact) mass is 391 g/mol. The molecule has 0 bridgehead atoms. The van der Waals surface area contributed by atoms with E-state index in [2.05, 4.69) is 45.5 Å². The average molecular weight is 392 g/mol. The van der Waals surface area contributed by atoms with Gasteiger partial charge in [0.05, 0.1) is 6.10 Å². The molecule has 0 spiro atoms. The summed E-state index contributed by atoms with van der Waals surface area (Å²) < 4.78 is 11.3. The second-order valence-corrected chi connectivity index (χ2v) is 8.33. The van der Waals surface area contributed by atoms with Crippen LogP contribution in [0.15, 0.2) is 40.2 Å². The third-order valence-corrected chi connectivity index (χ3v) is 6.40. The van der Waals surface area contributed by atoms with Crippen LogP contribution in [0.2, 0.25) is 0 Å². The summed E-state index contributed by atoms with van der Waals surface area (Å²) in [4.78, 5) is 8.24. The maximum absolute atomic E-state index is 5.94. The fourth-order valence-corrected chi connectivity index (χ4v) is 4.64. The van der Waals surface area contributed by atoms with Gasteiger partial charge in [0.15, 0.2) is 5.96 Å². The summed E-state index contributed by atoms with van der Waals surface area (Å²) in [5.74, 6) is 2.94. The third-order valence-electron chi connectivity index (χ3n) is 5.15. The number of aliphatic imine (C=N–C) groups is 1. The first-order valence-corrected chi connectivity index (χ1v) is 11.2. The van der Waals surface area contributed by atoms with Crippen molar-refractivity contribution in [2.45, 2.75) is 36.7 Å². The van der Waals surface area contributed by atoms with Gasteiger partial charge in [0, 0.05) is 57.2 Å². The van der Waals surface area contributed by atoms with E-state index in [1.807, 2.05) is 18.8 Å². The Bertz CT molecular complexity index is 564. The summed E-state index contributed by atoms with van der Waals surface area (Å²) in [6, 6.07) is 10.7. The van der Waals surface area contributed by atoms with Crippen molar-refractivity contribution in [2.24, 2.45) is 10.9 Å². The number of nitrogens with zero attached hydrogens (tertiary/aromatic N) is 2. The van der Waals surface area contributed by atoms with Crippen LogP contribution in [-0.4, -0.2) is 69.2 Å². The number of rotatable bonds is 8. The molecular weight excluding hydrogens is 358 g/mol. The maximum atomic E-state index is 5.94. The number of nitrogens with one attached hydrogen (secondary N) is 1. The topological polar surface area (TPSA) is 46.1 Å². The molecule has 2 aliphatic rings. The van der Waals surface area contributed by atoms with Crippen molar-refractivity contribution in [3.05, 3.63) is 30.3 Å². The van der Waals surface area contributed by atoms with Crippen molar-refractivity contribution < 1.29 is 9.47 Å². The molecular formula is C21H33N3O2S. The van der Waals surface area contributed by atoms with Crippen molar-refractivity contribution in [2.75, 3.05) is 52.3 Å². The maximum Gasteiger partial charge on any atom is 0.193 e. The number of benzene rings is 1. The number of hydrogen-bond acceptors (Lipinski definition) is 4. The molecule has 1 unspecified atom stereocenters. The predicted octanol–water partition coefficient (Wildman–Crippen LogP) is 3.26. The van der Waals surface area contributed by atoms with E-state index >= 15 is 0 Å². The summed E-state index contributed by atoms with van der Waals surface area (Å²) in [6.45, 7) is 5.60. The van der Waals surface area contributed by atoms with Gasteiger partial charge in [-0.3, -0.25) is 4.99 Å². The molecule has 2 saturated heterocycles. The van der Waals surface area contributed by atoms with Gasteiger partial charge in [-0.1, -0.05) is 18.2 Å². The summed E-state index contributed by atoms with van der Waals surface area (Å²) >= 11 is 1.96. The van der Waals surface area contributed by atoms with E-state index < -0.39 is 0 Å². The van der Waals surface area contributed by atoms with Crippen LogP contribution in [0.3, 0.4) is 0 Å². The SMILES string of the molecule is CN=C(NCCCOC1CCOCC1)N1CCC(CSc2ccccc2)C1. The standard InChI is InChI=1S/C21H33N3O2S/c1-22-21(23-11-5-13-26-19-9-14-25-15-10-19)24-12-8-18(16-24)17-27-20-6-3-2-4-7-20/h2-4,6-7,18-19H,5,8-17H2,1H3,(H,22,23). The van der Waals surface area contributed by atoms with Gasteiger partial charge in [-0.15, -0.1) is 11.8 Å². The van der Waals surface area contributed by atoms with E-state index in [0.29, 0.717) is 6.10 Å². The number of ether oxygens (including phenoxy) is 2. The molecule has 2 fully saturated rings. The molecule has 27 heavy (non-hydrogen) atoms. The minimum Gasteiger partial charge on any atom is -0.381 e. The largest absolute Gasteiger partial charge is 0.381 e. The molecule has 0 aromatic heterocycles. The summed E-state index contributed by atoms with van der Waals surface area (Å²) in [7, 11) is 1.88. The van der Waals surface area contributed by atoms with Crippen LogP contribution in [0, 0.1) is 5.92 Å². The highest BCUT2D eigenvalue weighted by Crippen LogP contribution is 2.25. The van der Waals surface area contributed by atoms with Gasteiger partial charge in [-0.25, -0.2) is 0 Å². The first-order valence-electron chi connectivity index (χ1n) is 10.2. The molecule has 6 heteroatoms. The van der Waals surface area contributed by atoms with Crippen LogP contribution in [0.1, 0.15) is 25.7 Å². The number of thioether (sulfide) groups is 1. The van der Waals surface area contributed by atoms with Crippen LogP contribution >= 0.6 is 11.8 Å². The number of likely N-dealkylation sites (tertiary alicyclic amines) is 1. The van der Waals surface area contributed by atoms with Crippen LogP contribution in [0.5, 0.6) is 0 Å². The normalized spacial score (nSPS) is 21.6. The second-order valence-electron chi connectivity index (χ2n) is 7.23. The highest BCUT2D eigenvalue weighted by Gasteiger charge is 2.24. The van der Waals surface area contributed by atoms with E-state index in [9.17, 15) is 0 Å². The van der Waals surface area contributed by atoms with Gasteiger partial charge < -0.3 is 19.7 Å². The number of hydrogen-bond donors (Lipinski definition) is 1. The van der Waals surface area contributed by atoms with E-state index in [1.165, 1.54) is 17.1 Å². The minimum atomic E-state index is 0.388. The fraction of sp³-hybridized carbons (Fsp3) is 0.667. The van der Waals surface area contributed by atoms with Crippen LogP contribution in [0.4, 0.5) is 0 Å². The summed E-state index contributed by atoms with van der Waals surface area (Å²) in [6.07, 6.45) is 4.71. The van der Waals surface area contributed by atoms with Gasteiger partial charge in [-0.2, -0.15) is 0 Å². The Morgan fingerprint density at radius 3 is 2.85 bits per heavy atom. The van der Waals surface area contributed by atoms with Crippen LogP contribution in [0.25, 0.3) is 0 Å². The molecule has 1 N–H and O–H groups in total. The Morgan fingerprint density at radius 2 is 2.07 bits per heavy atom. The Labute approximate surface area is 167 Å². The molecule has 1 aromatic rings. The van der Waals surface area contributed by atoms with Crippen molar-refractivity contribution in [3.8, 4) is 0 Å². The molecule has 0 saturated carbocycles. The summed E-state index contributed by atoms with van der Waals surface area (Å²) in [5.41, 5.74) is 0. The van der Waals surface area contributed by atoms with Gasteiger partial charge >= 0.3 is 0 Å². The van der Waals surface area contributed by atoms with E-state index in [1.54, 1.807) is 0 Å². The highest BCUT2D eigenvalue weighted by atomic mass is 32.2. The van der Waals surface area contributed by atoms with E-state index in [4.69, 9.17) is 9.47 Å². The molecule has 3 rings (SSSR count). The van der Waals surface area contributed by atoms with Crippen molar-refractivity contribution in [1.29, 1.82) is 0 Å². The zero-order valence-corrected chi connectivity index (χ0v) is 17.3. The van der Waals surface area contributed by atoms with Gasteiger partial charge in [0.2, 0.25) is 0 Å². The second kappa shape index (κ2) is 11.6. The smallest absolute Gasteiger partial charge is 0.193 e. The molecule has 0 radical (unpaired) electrons. The summed E-state index contributed by atoms with van der Waals surface area (Å²) in [5, 5.41) is 3.51. The molecule has 1 atom stereocenters. The molecule has 2 aliphatic heterocycles. The minimum absolute atomic E-state index is 0.388. The zero-order valence-electron chi connectivity index (χ0n) is 16.4. The first-order chi connectivity index (χ1) is 13.3. The molecule has 150 valence electrons. The Hall–Kier alpha value is -1.24. The number of guanidine groups is 1. The lowest BCUT2D eigenvalue weighted by Crippen LogP contribution is -2.40. The zero-order chi connectivity index (χ0) is 18.7. The van der Waals surface area contributed by atoms with Gasteiger partial charge in [0.1, 0.15) is 0 Å². The molecule has 0 amide bonds.